The van der Waals surface area contributed by atoms with Crippen molar-refractivity contribution in [2.75, 3.05) is 37.7 Å². The first-order valence-corrected chi connectivity index (χ1v) is 9.22. The zero-order chi connectivity index (χ0) is 17.6. The third kappa shape index (κ3) is 4.29. The Kier molecular flexibility index (Phi) is 5.87. The third-order valence-corrected chi connectivity index (χ3v) is 5.14. The zero-order valence-corrected chi connectivity index (χ0v) is 14.9. The van der Waals surface area contributed by atoms with Crippen LogP contribution in [0.2, 0.25) is 0 Å². The van der Waals surface area contributed by atoms with Crippen LogP contribution in [0.1, 0.15) is 38.2 Å². The molecule has 3 heterocycles. The van der Waals surface area contributed by atoms with Crippen LogP contribution in [0.3, 0.4) is 0 Å². The number of rotatable bonds is 4. The van der Waals surface area contributed by atoms with Crippen molar-refractivity contribution in [3.8, 4) is 6.07 Å². The van der Waals surface area contributed by atoms with Gasteiger partial charge in [-0.2, -0.15) is 5.26 Å². The zero-order valence-electron chi connectivity index (χ0n) is 14.9. The molecule has 2 fully saturated rings. The van der Waals surface area contributed by atoms with Crippen LogP contribution in [0.5, 0.6) is 0 Å². The summed E-state index contributed by atoms with van der Waals surface area (Å²) >= 11 is 0. The highest BCUT2D eigenvalue weighted by Gasteiger charge is 2.31. The van der Waals surface area contributed by atoms with E-state index in [1.54, 1.807) is 12.3 Å². The van der Waals surface area contributed by atoms with Crippen molar-refractivity contribution in [3.63, 3.8) is 0 Å². The Balaban J connectivity index is 1.52. The Morgan fingerprint density at radius 2 is 2.12 bits per heavy atom. The van der Waals surface area contributed by atoms with Crippen LogP contribution < -0.4 is 4.90 Å². The molecule has 2 saturated heterocycles. The Morgan fingerprint density at radius 1 is 1.32 bits per heavy atom. The molecule has 2 aliphatic rings. The molecule has 2 aliphatic heterocycles. The molecule has 6 heteroatoms. The van der Waals surface area contributed by atoms with Gasteiger partial charge >= 0.3 is 0 Å². The first-order chi connectivity index (χ1) is 12.2. The topological polar surface area (TPSA) is 69.5 Å². The van der Waals surface area contributed by atoms with Crippen LogP contribution in [0.15, 0.2) is 18.3 Å². The van der Waals surface area contributed by atoms with Crippen molar-refractivity contribution in [1.29, 1.82) is 5.26 Å². The predicted molar refractivity (Wildman–Crippen MR) is 95.1 cm³/mol. The minimum atomic E-state index is 0.106. The second-order valence-corrected chi connectivity index (χ2v) is 6.78. The number of ether oxygens (including phenoxy) is 1. The highest BCUT2D eigenvalue weighted by Crippen LogP contribution is 2.25. The summed E-state index contributed by atoms with van der Waals surface area (Å²) in [7, 11) is 0. The number of piperidine rings is 2. The molecule has 1 atom stereocenters. The van der Waals surface area contributed by atoms with E-state index in [9.17, 15) is 4.79 Å². The minimum Gasteiger partial charge on any atom is -0.377 e. The van der Waals surface area contributed by atoms with Gasteiger partial charge in [-0.25, -0.2) is 4.98 Å². The van der Waals surface area contributed by atoms with Gasteiger partial charge in [-0.05, 0) is 44.7 Å². The van der Waals surface area contributed by atoms with Crippen molar-refractivity contribution >= 4 is 11.7 Å². The first-order valence-electron chi connectivity index (χ1n) is 9.22. The predicted octanol–water partition coefficient (Wildman–Crippen LogP) is 2.20. The van der Waals surface area contributed by atoms with E-state index in [4.69, 9.17) is 10.00 Å². The van der Waals surface area contributed by atoms with Crippen LogP contribution in [-0.2, 0) is 9.53 Å². The van der Waals surface area contributed by atoms with Crippen LogP contribution in [0, 0.1) is 17.2 Å². The summed E-state index contributed by atoms with van der Waals surface area (Å²) in [5.41, 5.74) is 0.572. The Bertz CT molecular complexity index is 615. The van der Waals surface area contributed by atoms with E-state index in [-0.39, 0.29) is 17.9 Å². The molecule has 0 aliphatic carbocycles. The average molecular weight is 342 g/mol. The Labute approximate surface area is 149 Å². The van der Waals surface area contributed by atoms with Crippen molar-refractivity contribution in [1.82, 2.24) is 9.88 Å². The van der Waals surface area contributed by atoms with Gasteiger partial charge in [0.2, 0.25) is 5.91 Å². The van der Waals surface area contributed by atoms with Gasteiger partial charge in [0, 0.05) is 44.9 Å². The average Bonchev–Trinajstić information content (AvgIpc) is 2.68. The number of nitrogens with zero attached hydrogens (tertiary/aromatic N) is 4. The van der Waals surface area contributed by atoms with Crippen molar-refractivity contribution in [3.05, 3.63) is 23.9 Å². The second kappa shape index (κ2) is 8.30. The summed E-state index contributed by atoms with van der Waals surface area (Å²) in [6.45, 7) is 5.98. The van der Waals surface area contributed by atoms with Crippen LogP contribution >= 0.6 is 0 Å². The van der Waals surface area contributed by atoms with Gasteiger partial charge in [-0.3, -0.25) is 4.79 Å². The first kappa shape index (κ1) is 17.7. The molecule has 1 aromatic rings. The number of nitriles is 1. The lowest BCUT2D eigenvalue weighted by Crippen LogP contribution is -2.48. The summed E-state index contributed by atoms with van der Waals surface area (Å²) in [6.07, 6.45) is 5.61. The maximum absolute atomic E-state index is 12.8. The Morgan fingerprint density at radius 3 is 2.76 bits per heavy atom. The second-order valence-electron chi connectivity index (χ2n) is 6.78. The van der Waals surface area contributed by atoms with Crippen molar-refractivity contribution in [2.45, 2.75) is 38.7 Å². The van der Waals surface area contributed by atoms with Gasteiger partial charge in [0.05, 0.1) is 11.7 Å². The lowest BCUT2D eigenvalue weighted by atomic mass is 9.94. The number of likely N-dealkylation sites (tertiary alicyclic amines) is 1. The molecule has 0 unspecified atom stereocenters. The molecule has 0 aromatic carbocycles. The number of hydrogen-bond donors (Lipinski definition) is 0. The summed E-state index contributed by atoms with van der Waals surface area (Å²) in [5, 5.41) is 8.86. The highest BCUT2D eigenvalue weighted by atomic mass is 16.5. The SMILES string of the molecule is CCO[C@H]1CCCN(C(=O)C2CCN(c3ccc(C#N)cn3)CC2)C1. The number of carbonyl (C=O) groups is 1. The Hall–Kier alpha value is -2.13. The van der Waals surface area contributed by atoms with E-state index < -0.39 is 0 Å². The molecule has 0 N–H and O–H groups in total. The van der Waals surface area contributed by atoms with Crippen molar-refractivity contribution in [2.24, 2.45) is 5.92 Å². The monoisotopic (exact) mass is 342 g/mol. The smallest absolute Gasteiger partial charge is 0.225 e. The molecule has 0 saturated carbocycles. The van der Waals surface area contributed by atoms with Gasteiger partial charge < -0.3 is 14.5 Å². The summed E-state index contributed by atoms with van der Waals surface area (Å²) in [5.74, 6) is 1.28. The van der Waals surface area contributed by atoms with E-state index >= 15 is 0 Å². The lowest BCUT2D eigenvalue weighted by molar-refractivity contribution is -0.140. The summed E-state index contributed by atoms with van der Waals surface area (Å²) in [4.78, 5) is 21.4. The van der Waals surface area contributed by atoms with E-state index in [1.165, 1.54) is 0 Å². The fraction of sp³-hybridized carbons (Fsp3) is 0.632. The van der Waals surface area contributed by atoms with Gasteiger partial charge in [0.1, 0.15) is 11.9 Å². The fourth-order valence-corrected chi connectivity index (χ4v) is 3.76. The number of carbonyl (C=O) groups excluding carboxylic acids is 1. The van der Waals surface area contributed by atoms with Gasteiger partial charge in [0.25, 0.3) is 0 Å². The van der Waals surface area contributed by atoms with E-state index in [0.717, 1.165) is 57.7 Å². The lowest BCUT2D eigenvalue weighted by Gasteiger charge is -2.38. The van der Waals surface area contributed by atoms with E-state index in [0.29, 0.717) is 12.2 Å². The van der Waals surface area contributed by atoms with Crippen LogP contribution in [-0.4, -0.2) is 54.7 Å². The molecule has 3 rings (SSSR count). The van der Waals surface area contributed by atoms with Crippen LogP contribution in [0.4, 0.5) is 5.82 Å². The molecule has 1 aromatic heterocycles. The number of amides is 1. The largest absolute Gasteiger partial charge is 0.377 e. The normalized spacial score (nSPS) is 21.8. The molecular formula is C19H26N4O2. The molecule has 0 bridgehead atoms. The van der Waals surface area contributed by atoms with Gasteiger partial charge in [-0.15, -0.1) is 0 Å². The summed E-state index contributed by atoms with van der Waals surface area (Å²) in [6, 6.07) is 5.77. The minimum absolute atomic E-state index is 0.106. The molecule has 1 amide bonds. The molecular weight excluding hydrogens is 316 g/mol. The van der Waals surface area contributed by atoms with E-state index in [1.807, 2.05) is 17.9 Å². The molecule has 6 nitrogen and oxygen atoms in total. The third-order valence-electron chi connectivity index (χ3n) is 5.14. The standard InChI is InChI=1S/C19H26N4O2/c1-2-25-17-4-3-9-23(14-17)19(24)16-7-10-22(11-8-16)18-6-5-15(12-20)13-21-18/h5-6,13,16-17H,2-4,7-11,14H2,1H3/t17-/m0/s1. The molecule has 134 valence electrons. The molecule has 25 heavy (non-hydrogen) atoms. The van der Waals surface area contributed by atoms with Crippen molar-refractivity contribution < 1.29 is 9.53 Å². The maximum atomic E-state index is 12.8. The fourth-order valence-electron chi connectivity index (χ4n) is 3.76. The highest BCUT2D eigenvalue weighted by molar-refractivity contribution is 5.79. The maximum Gasteiger partial charge on any atom is 0.225 e. The van der Waals surface area contributed by atoms with Crippen LogP contribution in [0.25, 0.3) is 0 Å². The van der Waals surface area contributed by atoms with Gasteiger partial charge in [-0.1, -0.05) is 0 Å². The quantitative estimate of drug-likeness (QED) is 0.839. The van der Waals surface area contributed by atoms with E-state index in [2.05, 4.69) is 16.0 Å². The number of pyridine rings is 1. The molecule has 0 radical (unpaired) electrons. The number of anilines is 1. The van der Waals surface area contributed by atoms with Gasteiger partial charge in [0.15, 0.2) is 0 Å². The molecule has 0 spiro atoms. The number of hydrogen-bond acceptors (Lipinski definition) is 5. The number of aromatic nitrogens is 1. The summed E-state index contributed by atoms with van der Waals surface area (Å²) < 4.78 is 5.71.